The summed E-state index contributed by atoms with van der Waals surface area (Å²) in [6.45, 7) is 4.01. The fourth-order valence-corrected chi connectivity index (χ4v) is 3.14. The average molecular weight is 449 g/mol. The minimum absolute atomic E-state index is 0. The number of aromatic nitrogens is 1. The average Bonchev–Trinajstić information content (AvgIpc) is 2.47. The number of carbonyl (C=O) groups excluding carboxylic acids is 1. The molecule has 8 heteroatoms. The molecular formula is C17H20BrCl2N3O2. The lowest BCUT2D eigenvalue weighted by Crippen LogP contribution is -2.41. The predicted molar refractivity (Wildman–Crippen MR) is 107 cm³/mol. The summed E-state index contributed by atoms with van der Waals surface area (Å²) in [5.41, 5.74) is 7.58. The van der Waals surface area contributed by atoms with Crippen LogP contribution in [0.1, 0.15) is 42.2 Å². The zero-order valence-electron chi connectivity index (χ0n) is 13.8. The molecule has 0 fully saturated rings. The summed E-state index contributed by atoms with van der Waals surface area (Å²) < 4.78 is 6.75. The first-order chi connectivity index (χ1) is 10.8. The normalized spacial score (nSPS) is 17.2. The second-order valence-electron chi connectivity index (χ2n) is 6.28. The van der Waals surface area contributed by atoms with Crippen LogP contribution in [0.5, 0.6) is 5.75 Å². The molecule has 3 N–H and O–H groups in total. The lowest BCUT2D eigenvalue weighted by atomic mass is 9.89. The number of amides is 1. The van der Waals surface area contributed by atoms with Gasteiger partial charge < -0.3 is 15.8 Å². The van der Waals surface area contributed by atoms with Crippen LogP contribution in [0.3, 0.4) is 0 Å². The molecule has 0 saturated carbocycles. The van der Waals surface area contributed by atoms with Crippen molar-refractivity contribution in [2.45, 2.75) is 31.9 Å². The molecule has 25 heavy (non-hydrogen) atoms. The topological polar surface area (TPSA) is 77.2 Å². The van der Waals surface area contributed by atoms with E-state index in [0.717, 1.165) is 15.8 Å². The van der Waals surface area contributed by atoms with Crippen molar-refractivity contribution in [3.63, 3.8) is 0 Å². The van der Waals surface area contributed by atoms with Gasteiger partial charge in [0, 0.05) is 34.5 Å². The number of rotatable bonds is 2. The second-order valence-corrected chi connectivity index (χ2v) is 7.20. The van der Waals surface area contributed by atoms with E-state index in [1.165, 1.54) is 0 Å². The van der Waals surface area contributed by atoms with Crippen molar-refractivity contribution in [3.05, 3.63) is 52.3 Å². The van der Waals surface area contributed by atoms with Gasteiger partial charge >= 0.3 is 0 Å². The molecule has 1 aromatic carbocycles. The van der Waals surface area contributed by atoms with Crippen molar-refractivity contribution in [2.24, 2.45) is 0 Å². The van der Waals surface area contributed by atoms with E-state index in [1.54, 1.807) is 24.5 Å². The van der Waals surface area contributed by atoms with Gasteiger partial charge in [-0.3, -0.25) is 9.78 Å². The third-order valence-electron chi connectivity index (χ3n) is 3.76. The zero-order valence-corrected chi connectivity index (χ0v) is 17.0. The Morgan fingerprint density at radius 3 is 2.72 bits per heavy atom. The minimum Gasteiger partial charge on any atom is -0.487 e. The number of nitrogens with two attached hydrogens (primary N) is 1. The molecule has 1 unspecified atom stereocenters. The van der Waals surface area contributed by atoms with Crippen LogP contribution in [0.2, 0.25) is 0 Å². The zero-order chi connectivity index (χ0) is 16.6. The molecule has 0 bridgehead atoms. The van der Waals surface area contributed by atoms with Crippen LogP contribution in [0.4, 0.5) is 5.69 Å². The summed E-state index contributed by atoms with van der Waals surface area (Å²) in [7, 11) is 0. The fraction of sp³-hybridized carbons (Fsp3) is 0.294. The first-order valence-corrected chi connectivity index (χ1v) is 8.13. The summed E-state index contributed by atoms with van der Waals surface area (Å²) in [6, 6.07) is 7.09. The molecule has 1 aliphatic rings. The third-order valence-corrected chi connectivity index (χ3v) is 4.20. The number of nitrogen functional groups attached to an aromatic ring is 1. The van der Waals surface area contributed by atoms with Crippen LogP contribution >= 0.6 is 40.7 Å². The minimum atomic E-state index is -0.365. The Hall–Kier alpha value is -1.50. The first kappa shape index (κ1) is 21.5. The van der Waals surface area contributed by atoms with Gasteiger partial charge in [-0.1, -0.05) is 0 Å². The number of nitrogens with one attached hydrogen (secondary N) is 1. The molecule has 0 saturated heterocycles. The maximum Gasteiger partial charge on any atom is 0.253 e. The smallest absolute Gasteiger partial charge is 0.253 e. The number of pyridine rings is 1. The standard InChI is InChI=1S/C17H18BrN3O2.2ClH/c1-17(2)7-14(13-6-12(19)3-4-15(13)23-17)21-16(22)10-5-11(18)9-20-8-10;;/h3-6,8-9,14H,7,19H2,1-2H3,(H,21,22);2*1H. The number of carbonyl (C=O) groups is 1. The molecule has 1 aromatic heterocycles. The first-order valence-electron chi connectivity index (χ1n) is 7.34. The monoisotopic (exact) mass is 447 g/mol. The Kier molecular flexibility index (Phi) is 7.11. The van der Waals surface area contributed by atoms with Gasteiger partial charge in [-0.15, -0.1) is 24.8 Å². The van der Waals surface area contributed by atoms with Gasteiger partial charge in [-0.25, -0.2) is 0 Å². The van der Waals surface area contributed by atoms with E-state index in [0.29, 0.717) is 17.7 Å². The van der Waals surface area contributed by atoms with Crippen molar-refractivity contribution in [1.82, 2.24) is 10.3 Å². The maximum atomic E-state index is 12.5. The largest absolute Gasteiger partial charge is 0.487 e. The fourth-order valence-electron chi connectivity index (χ4n) is 2.78. The lowest BCUT2D eigenvalue weighted by Gasteiger charge is -2.38. The molecule has 2 aromatic rings. The SMILES string of the molecule is CC1(C)CC(NC(=O)c2cncc(Br)c2)c2cc(N)ccc2O1.Cl.Cl. The van der Waals surface area contributed by atoms with Crippen LogP contribution in [-0.4, -0.2) is 16.5 Å². The van der Waals surface area contributed by atoms with Crippen LogP contribution in [0.15, 0.2) is 41.1 Å². The van der Waals surface area contributed by atoms with Gasteiger partial charge in [0.1, 0.15) is 11.4 Å². The molecular weight excluding hydrogens is 429 g/mol. The number of ether oxygens (including phenoxy) is 1. The Labute approximate surface area is 167 Å². The van der Waals surface area contributed by atoms with Gasteiger partial charge in [-0.2, -0.15) is 0 Å². The van der Waals surface area contributed by atoms with Crippen molar-refractivity contribution in [1.29, 1.82) is 0 Å². The highest BCUT2D eigenvalue weighted by molar-refractivity contribution is 9.10. The molecule has 2 heterocycles. The molecule has 1 aliphatic heterocycles. The van der Waals surface area contributed by atoms with E-state index in [9.17, 15) is 4.79 Å². The number of hydrogen-bond donors (Lipinski definition) is 2. The van der Waals surface area contributed by atoms with Gasteiger partial charge in [-0.05, 0) is 54.0 Å². The maximum absolute atomic E-state index is 12.5. The summed E-state index contributed by atoms with van der Waals surface area (Å²) in [5, 5.41) is 3.07. The summed E-state index contributed by atoms with van der Waals surface area (Å²) in [6.07, 6.45) is 3.85. The van der Waals surface area contributed by atoms with Crippen LogP contribution in [0.25, 0.3) is 0 Å². The molecule has 1 amide bonds. The van der Waals surface area contributed by atoms with E-state index in [1.807, 2.05) is 26.0 Å². The molecule has 1 atom stereocenters. The second kappa shape index (κ2) is 8.25. The molecule has 5 nitrogen and oxygen atoms in total. The Morgan fingerprint density at radius 1 is 1.32 bits per heavy atom. The Morgan fingerprint density at radius 2 is 2.04 bits per heavy atom. The van der Waals surface area contributed by atoms with Crippen molar-refractivity contribution < 1.29 is 9.53 Å². The van der Waals surface area contributed by atoms with Crippen molar-refractivity contribution >= 4 is 52.3 Å². The highest BCUT2D eigenvalue weighted by atomic mass is 79.9. The molecule has 0 radical (unpaired) electrons. The van der Waals surface area contributed by atoms with E-state index in [4.69, 9.17) is 10.5 Å². The van der Waals surface area contributed by atoms with Crippen LogP contribution in [0, 0.1) is 0 Å². The Balaban J connectivity index is 0.00000156. The number of benzene rings is 1. The molecule has 3 rings (SSSR count). The number of anilines is 1. The van der Waals surface area contributed by atoms with Crippen LogP contribution in [-0.2, 0) is 0 Å². The lowest BCUT2D eigenvalue weighted by molar-refractivity contribution is 0.0620. The van der Waals surface area contributed by atoms with Gasteiger partial charge in [0.15, 0.2) is 0 Å². The van der Waals surface area contributed by atoms with Gasteiger partial charge in [0.2, 0.25) is 0 Å². The molecule has 0 spiro atoms. The quantitative estimate of drug-likeness (QED) is 0.671. The number of nitrogens with zero attached hydrogens (tertiary/aromatic N) is 1. The van der Waals surface area contributed by atoms with E-state index in [-0.39, 0.29) is 42.4 Å². The highest BCUT2D eigenvalue weighted by Gasteiger charge is 2.34. The van der Waals surface area contributed by atoms with Crippen LogP contribution < -0.4 is 15.8 Å². The summed E-state index contributed by atoms with van der Waals surface area (Å²) >= 11 is 3.33. The number of halogens is 3. The van der Waals surface area contributed by atoms with Gasteiger partial charge in [0.25, 0.3) is 5.91 Å². The Bertz CT molecular complexity index is 771. The third kappa shape index (κ3) is 5.00. The van der Waals surface area contributed by atoms with Gasteiger partial charge in [0.05, 0.1) is 11.6 Å². The highest BCUT2D eigenvalue weighted by Crippen LogP contribution is 2.40. The molecule has 136 valence electrons. The summed E-state index contributed by atoms with van der Waals surface area (Å²) in [5.74, 6) is 0.586. The number of fused-ring (bicyclic) bond motifs is 1. The van der Waals surface area contributed by atoms with Crippen molar-refractivity contribution in [3.8, 4) is 5.75 Å². The summed E-state index contributed by atoms with van der Waals surface area (Å²) in [4.78, 5) is 16.6. The molecule has 0 aliphatic carbocycles. The predicted octanol–water partition coefficient (Wildman–Crippen LogP) is 4.30. The van der Waals surface area contributed by atoms with E-state index >= 15 is 0 Å². The van der Waals surface area contributed by atoms with E-state index < -0.39 is 0 Å². The number of hydrogen-bond acceptors (Lipinski definition) is 4. The van der Waals surface area contributed by atoms with E-state index in [2.05, 4.69) is 26.2 Å². The van der Waals surface area contributed by atoms with Crippen molar-refractivity contribution in [2.75, 3.05) is 5.73 Å².